The van der Waals surface area contributed by atoms with E-state index in [1.807, 2.05) is 11.8 Å². The van der Waals surface area contributed by atoms with E-state index >= 15 is 0 Å². The Labute approximate surface area is 77.6 Å². The highest BCUT2D eigenvalue weighted by Crippen LogP contribution is 2.31. The molecule has 0 aliphatic carbocycles. The van der Waals surface area contributed by atoms with E-state index in [-0.39, 0.29) is 0 Å². The van der Waals surface area contributed by atoms with Crippen LogP contribution in [0.3, 0.4) is 0 Å². The van der Waals surface area contributed by atoms with Crippen LogP contribution in [-0.2, 0) is 6.42 Å². The fraction of sp³-hybridized carbons (Fsp3) is 0.400. The molecule has 0 amide bonds. The molecule has 0 unspecified atom stereocenters. The van der Waals surface area contributed by atoms with Crippen LogP contribution < -0.4 is 5.32 Å². The fourth-order valence-corrected chi connectivity index (χ4v) is 2.35. The molecule has 0 atom stereocenters. The van der Waals surface area contributed by atoms with Gasteiger partial charge < -0.3 is 5.32 Å². The van der Waals surface area contributed by atoms with Gasteiger partial charge in [0.15, 0.2) is 0 Å². The summed E-state index contributed by atoms with van der Waals surface area (Å²) < 4.78 is 0. The van der Waals surface area contributed by atoms with Crippen LogP contribution in [0.15, 0.2) is 23.1 Å². The summed E-state index contributed by atoms with van der Waals surface area (Å²) in [5.41, 5.74) is 2.74. The Hall–Kier alpha value is -0.630. The van der Waals surface area contributed by atoms with Crippen LogP contribution in [-0.4, -0.2) is 12.3 Å². The number of thioether (sulfide) groups is 1. The number of hydrogen-bond acceptors (Lipinski definition) is 2. The molecule has 1 aliphatic rings. The molecule has 0 saturated heterocycles. The van der Waals surface area contributed by atoms with Gasteiger partial charge in [-0.1, -0.05) is 13.0 Å². The van der Waals surface area contributed by atoms with Crippen molar-refractivity contribution in [3.8, 4) is 0 Å². The summed E-state index contributed by atoms with van der Waals surface area (Å²) in [6, 6.07) is 6.70. The first-order valence-corrected chi connectivity index (χ1v) is 5.38. The molecular weight excluding hydrogens is 166 g/mol. The van der Waals surface area contributed by atoms with Crippen LogP contribution in [0.25, 0.3) is 0 Å². The average molecular weight is 179 g/mol. The van der Waals surface area contributed by atoms with Gasteiger partial charge in [0, 0.05) is 22.9 Å². The Morgan fingerprint density at radius 3 is 3.25 bits per heavy atom. The normalized spacial score (nSPS) is 15.1. The van der Waals surface area contributed by atoms with Crippen LogP contribution in [0.2, 0.25) is 0 Å². The minimum Gasteiger partial charge on any atom is -0.383 e. The molecular formula is C10H13NS. The minimum absolute atomic E-state index is 1.10. The molecule has 1 aliphatic heterocycles. The molecule has 12 heavy (non-hydrogen) atoms. The van der Waals surface area contributed by atoms with Crippen LogP contribution in [0.1, 0.15) is 12.5 Å². The van der Waals surface area contributed by atoms with Gasteiger partial charge in [-0.25, -0.2) is 0 Å². The predicted octanol–water partition coefficient (Wildman–Crippen LogP) is 2.77. The van der Waals surface area contributed by atoms with Crippen molar-refractivity contribution in [2.24, 2.45) is 0 Å². The standard InChI is InChI=1S/C10H13NS/c1-2-8-3-4-9-10(7-8)12-6-5-11-9/h3-4,7,11H,2,5-6H2,1H3. The summed E-state index contributed by atoms with van der Waals surface area (Å²) in [4.78, 5) is 1.42. The van der Waals surface area contributed by atoms with Gasteiger partial charge in [0.2, 0.25) is 0 Å². The zero-order chi connectivity index (χ0) is 8.39. The molecule has 1 N–H and O–H groups in total. The molecule has 2 heteroatoms. The van der Waals surface area contributed by atoms with Crippen LogP contribution in [0, 0.1) is 0 Å². The van der Waals surface area contributed by atoms with Crippen LogP contribution in [0.5, 0.6) is 0 Å². The topological polar surface area (TPSA) is 12.0 Å². The largest absolute Gasteiger partial charge is 0.383 e. The molecule has 64 valence electrons. The second kappa shape index (κ2) is 3.40. The third-order valence-corrected chi connectivity index (χ3v) is 3.19. The molecule has 2 rings (SSSR count). The Morgan fingerprint density at radius 1 is 1.50 bits per heavy atom. The Balaban J connectivity index is 2.36. The number of fused-ring (bicyclic) bond motifs is 1. The Morgan fingerprint density at radius 2 is 2.42 bits per heavy atom. The zero-order valence-electron chi connectivity index (χ0n) is 7.26. The van der Waals surface area contributed by atoms with Gasteiger partial charge in [-0.05, 0) is 24.1 Å². The lowest BCUT2D eigenvalue weighted by molar-refractivity contribution is 1.10. The summed E-state index contributed by atoms with van der Waals surface area (Å²) in [6.45, 7) is 3.30. The lowest BCUT2D eigenvalue weighted by Crippen LogP contribution is -2.09. The van der Waals surface area contributed by atoms with Gasteiger partial charge in [0.1, 0.15) is 0 Å². The molecule has 1 aromatic rings. The highest BCUT2D eigenvalue weighted by Gasteiger charge is 2.07. The third kappa shape index (κ3) is 1.44. The number of anilines is 1. The first-order chi connectivity index (χ1) is 5.90. The summed E-state index contributed by atoms with van der Waals surface area (Å²) in [5, 5.41) is 3.39. The molecule has 1 heterocycles. The number of aryl methyl sites for hydroxylation is 1. The van der Waals surface area contributed by atoms with Crippen molar-refractivity contribution in [3.05, 3.63) is 23.8 Å². The van der Waals surface area contributed by atoms with Crippen molar-refractivity contribution in [1.29, 1.82) is 0 Å². The van der Waals surface area contributed by atoms with Crippen molar-refractivity contribution >= 4 is 17.4 Å². The lowest BCUT2D eigenvalue weighted by atomic mass is 10.1. The average Bonchev–Trinajstić information content (AvgIpc) is 2.17. The number of hydrogen-bond donors (Lipinski definition) is 1. The first kappa shape index (κ1) is 7.99. The predicted molar refractivity (Wildman–Crippen MR) is 55.0 cm³/mol. The molecule has 0 bridgehead atoms. The van der Waals surface area contributed by atoms with Gasteiger partial charge in [0.25, 0.3) is 0 Å². The lowest BCUT2D eigenvalue weighted by Gasteiger charge is -2.17. The SMILES string of the molecule is CCc1ccc2c(c1)SCCN2. The Bertz CT molecular complexity index is 283. The van der Waals surface area contributed by atoms with Crippen molar-refractivity contribution in [2.75, 3.05) is 17.6 Å². The quantitative estimate of drug-likeness (QED) is 0.711. The van der Waals surface area contributed by atoms with E-state index in [0.717, 1.165) is 13.0 Å². The van der Waals surface area contributed by atoms with Crippen molar-refractivity contribution < 1.29 is 0 Å². The number of benzene rings is 1. The van der Waals surface area contributed by atoms with E-state index in [1.165, 1.54) is 21.9 Å². The molecule has 0 aromatic heterocycles. The zero-order valence-corrected chi connectivity index (χ0v) is 8.08. The summed E-state index contributed by atoms with van der Waals surface area (Å²) in [5.74, 6) is 1.19. The molecule has 0 radical (unpaired) electrons. The van der Waals surface area contributed by atoms with Crippen LogP contribution >= 0.6 is 11.8 Å². The van der Waals surface area contributed by atoms with E-state index in [4.69, 9.17) is 0 Å². The van der Waals surface area contributed by atoms with E-state index in [1.54, 1.807) is 0 Å². The van der Waals surface area contributed by atoms with Crippen molar-refractivity contribution in [1.82, 2.24) is 0 Å². The molecule has 1 aromatic carbocycles. The van der Waals surface area contributed by atoms with Gasteiger partial charge >= 0.3 is 0 Å². The summed E-state index contributed by atoms with van der Waals surface area (Å²) >= 11 is 1.96. The molecule has 1 nitrogen and oxygen atoms in total. The minimum atomic E-state index is 1.10. The number of nitrogens with one attached hydrogen (secondary N) is 1. The van der Waals surface area contributed by atoms with Crippen LogP contribution in [0.4, 0.5) is 5.69 Å². The monoisotopic (exact) mass is 179 g/mol. The van der Waals surface area contributed by atoms with Crippen molar-refractivity contribution in [2.45, 2.75) is 18.2 Å². The molecule has 0 fully saturated rings. The van der Waals surface area contributed by atoms with Gasteiger partial charge in [-0.15, -0.1) is 11.8 Å². The van der Waals surface area contributed by atoms with E-state index in [0.29, 0.717) is 0 Å². The van der Waals surface area contributed by atoms with E-state index in [9.17, 15) is 0 Å². The third-order valence-electron chi connectivity index (χ3n) is 2.13. The van der Waals surface area contributed by atoms with Gasteiger partial charge in [-0.2, -0.15) is 0 Å². The summed E-state index contributed by atoms with van der Waals surface area (Å²) in [6.07, 6.45) is 1.13. The Kier molecular flexibility index (Phi) is 2.26. The second-order valence-corrected chi connectivity index (χ2v) is 4.10. The summed E-state index contributed by atoms with van der Waals surface area (Å²) in [7, 11) is 0. The second-order valence-electron chi connectivity index (χ2n) is 2.96. The van der Waals surface area contributed by atoms with Gasteiger partial charge in [-0.3, -0.25) is 0 Å². The number of rotatable bonds is 1. The maximum Gasteiger partial charge on any atom is 0.0478 e. The molecule has 0 saturated carbocycles. The van der Waals surface area contributed by atoms with E-state index in [2.05, 4.69) is 30.4 Å². The molecule has 0 spiro atoms. The van der Waals surface area contributed by atoms with Gasteiger partial charge in [0.05, 0.1) is 0 Å². The highest BCUT2D eigenvalue weighted by atomic mass is 32.2. The maximum atomic E-state index is 3.39. The fourth-order valence-electron chi connectivity index (χ4n) is 1.40. The van der Waals surface area contributed by atoms with E-state index < -0.39 is 0 Å². The smallest absolute Gasteiger partial charge is 0.0478 e. The first-order valence-electron chi connectivity index (χ1n) is 4.40. The van der Waals surface area contributed by atoms with Crippen molar-refractivity contribution in [3.63, 3.8) is 0 Å². The maximum absolute atomic E-state index is 3.39. The highest BCUT2D eigenvalue weighted by molar-refractivity contribution is 7.99.